The number of aromatic nitrogens is 1. The van der Waals surface area contributed by atoms with Crippen LogP contribution in [0.3, 0.4) is 0 Å². The number of nitrogens with zero attached hydrogens (tertiary/aromatic N) is 4. The lowest BCUT2D eigenvalue weighted by atomic mass is 10.1. The van der Waals surface area contributed by atoms with Crippen LogP contribution < -0.4 is 16.4 Å². The van der Waals surface area contributed by atoms with E-state index in [-0.39, 0.29) is 17.6 Å². The van der Waals surface area contributed by atoms with Gasteiger partial charge in [0.25, 0.3) is 0 Å². The van der Waals surface area contributed by atoms with E-state index in [0.717, 1.165) is 23.5 Å². The van der Waals surface area contributed by atoms with E-state index in [0.29, 0.717) is 17.1 Å². The number of rotatable bonds is 10. The van der Waals surface area contributed by atoms with Gasteiger partial charge in [-0.25, -0.2) is 9.37 Å². The predicted octanol–water partition coefficient (Wildman–Crippen LogP) is 3.88. The summed E-state index contributed by atoms with van der Waals surface area (Å²) in [6.45, 7) is 15.9. The van der Waals surface area contributed by atoms with Gasteiger partial charge in [0, 0.05) is 69.5 Å². The number of nitrogens with two attached hydrogens (primary N) is 1. The van der Waals surface area contributed by atoms with Gasteiger partial charge in [0.15, 0.2) is 11.6 Å². The fraction of sp³-hybridized carbons (Fsp3) is 0.391. The second-order valence-electron chi connectivity index (χ2n) is 7.68. The topological polar surface area (TPSA) is 81.8 Å². The molecule has 4 N–H and O–H groups in total. The Hall–Kier alpha value is -3.29. The zero-order valence-corrected chi connectivity index (χ0v) is 19.8. The molecule has 0 spiro atoms. The van der Waals surface area contributed by atoms with Crippen LogP contribution in [-0.4, -0.2) is 61.9 Å². The van der Waals surface area contributed by atoms with E-state index in [2.05, 4.69) is 40.3 Å². The standard InChI is InChI=1S/C23H36FN7/c1-11-14(2)27-22-20(24)13-18(16(4)25)21(29-22)28-15(3)12-19(17(5)30(7)8)23(26-6)31(9)10/h12-14H,3-5,11,25H2,1-2,6-10H3,(H2,27,28,29)/b19-12-,26-23+. The predicted molar refractivity (Wildman–Crippen MR) is 132 cm³/mol. The molecule has 0 aliphatic rings. The summed E-state index contributed by atoms with van der Waals surface area (Å²) in [5.74, 6) is 0.732. The molecule has 31 heavy (non-hydrogen) atoms. The van der Waals surface area contributed by atoms with Crippen molar-refractivity contribution in [1.29, 1.82) is 0 Å². The van der Waals surface area contributed by atoms with Gasteiger partial charge in [0.2, 0.25) is 0 Å². The van der Waals surface area contributed by atoms with Crippen LogP contribution in [0.4, 0.5) is 16.0 Å². The van der Waals surface area contributed by atoms with Gasteiger partial charge in [-0.2, -0.15) is 0 Å². The molecule has 1 heterocycles. The summed E-state index contributed by atoms with van der Waals surface area (Å²) in [4.78, 5) is 12.6. The molecule has 0 aliphatic heterocycles. The van der Waals surface area contributed by atoms with Crippen LogP contribution in [0, 0.1) is 5.82 Å². The number of halogens is 1. The number of aliphatic imine (C=N–C) groups is 1. The summed E-state index contributed by atoms with van der Waals surface area (Å²) in [7, 11) is 9.33. The normalized spacial score (nSPS) is 12.8. The molecule has 0 amide bonds. The summed E-state index contributed by atoms with van der Waals surface area (Å²) >= 11 is 0. The molecular formula is C23H36FN7. The third kappa shape index (κ3) is 6.87. The summed E-state index contributed by atoms with van der Waals surface area (Å²) in [5.41, 5.74) is 8.49. The van der Waals surface area contributed by atoms with E-state index in [1.54, 1.807) is 7.05 Å². The Balaban J connectivity index is 3.43. The molecular weight excluding hydrogens is 393 g/mol. The number of hydrogen-bond acceptors (Lipinski definition) is 6. The second-order valence-corrected chi connectivity index (χ2v) is 7.68. The fourth-order valence-corrected chi connectivity index (χ4v) is 2.71. The number of anilines is 2. The maximum atomic E-state index is 14.5. The molecule has 7 nitrogen and oxygen atoms in total. The maximum Gasteiger partial charge on any atom is 0.166 e. The third-order valence-electron chi connectivity index (χ3n) is 4.64. The Labute approximate surface area is 185 Å². The van der Waals surface area contributed by atoms with Gasteiger partial charge < -0.3 is 26.2 Å². The molecule has 0 aliphatic carbocycles. The van der Waals surface area contributed by atoms with Crippen molar-refractivity contribution in [2.45, 2.75) is 26.3 Å². The number of allylic oxidation sites excluding steroid dienone is 1. The number of pyridine rings is 1. The van der Waals surface area contributed by atoms with Crippen molar-refractivity contribution in [1.82, 2.24) is 14.8 Å². The zero-order chi connectivity index (χ0) is 23.9. The Morgan fingerprint density at radius 1 is 1.23 bits per heavy atom. The van der Waals surface area contributed by atoms with Crippen molar-refractivity contribution in [3.05, 3.63) is 60.2 Å². The van der Waals surface area contributed by atoms with Crippen molar-refractivity contribution in [2.75, 3.05) is 45.9 Å². The smallest absolute Gasteiger partial charge is 0.166 e. The van der Waals surface area contributed by atoms with Crippen LogP contribution in [0.25, 0.3) is 5.70 Å². The van der Waals surface area contributed by atoms with Crippen LogP contribution in [0.15, 0.2) is 53.8 Å². The average molecular weight is 430 g/mol. The second kappa shape index (κ2) is 11.2. The minimum Gasteiger partial charge on any atom is -0.399 e. The monoisotopic (exact) mass is 429 g/mol. The molecule has 1 rings (SSSR count). The highest BCUT2D eigenvalue weighted by Gasteiger charge is 2.17. The molecule has 0 aromatic carbocycles. The lowest BCUT2D eigenvalue weighted by molar-refractivity contribution is 0.523. The largest absolute Gasteiger partial charge is 0.399 e. The fourth-order valence-electron chi connectivity index (χ4n) is 2.71. The number of hydrogen-bond donors (Lipinski definition) is 3. The molecule has 170 valence electrons. The zero-order valence-electron chi connectivity index (χ0n) is 19.8. The van der Waals surface area contributed by atoms with Gasteiger partial charge >= 0.3 is 0 Å². The molecule has 0 fully saturated rings. The van der Waals surface area contributed by atoms with Gasteiger partial charge in [-0.3, -0.25) is 4.99 Å². The van der Waals surface area contributed by atoms with Crippen molar-refractivity contribution in [3.8, 4) is 0 Å². The van der Waals surface area contributed by atoms with Crippen molar-refractivity contribution in [2.24, 2.45) is 10.7 Å². The molecule has 0 saturated carbocycles. The molecule has 0 radical (unpaired) electrons. The van der Waals surface area contributed by atoms with Gasteiger partial charge in [0.1, 0.15) is 11.7 Å². The molecule has 0 saturated heterocycles. The third-order valence-corrected chi connectivity index (χ3v) is 4.64. The van der Waals surface area contributed by atoms with Gasteiger partial charge in [-0.15, -0.1) is 0 Å². The molecule has 0 bridgehead atoms. The quantitative estimate of drug-likeness (QED) is 0.298. The maximum absolute atomic E-state index is 14.5. The summed E-state index contributed by atoms with van der Waals surface area (Å²) in [6, 6.07) is 1.38. The first-order chi connectivity index (χ1) is 14.4. The number of amidine groups is 1. The van der Waals surface area contributed by atoms with Crippen LogP contribution in [0.1, 0.15) is 25.8 Å². The van der Waals surface area contributed by atoms with Gasteiger partial charge in [-0.05, 0) is 25.5 Å². The van der Waals surface area contributed by atoms with Gasteiger partial charge in [0.05, 0.1) is 0 Å². The van der Waals surface area contributed by atoms with E-state index in [1.165, 1.54) is 6.07 Å². The first kappa shape index (κ1) is 25.7. The van der Waals surface area contributed by atoms with Gasteiger partial charge in [-0.1, -0.05) is 26.7 Å². The summed E-state index contributed by atoms with van der Waals surface area (Å²) in [5, 5.41) is 6.20. The van der Waals surface area contributed by atoms with E-state index < -0.39 is 5.82 Å². The van der Waals surface area contributed by atoms with Crippen LogP contribution in [0.2, 0.25) is 0 Å². The lowest BCUT2D eigenvalue weighted by Gasteiger charge is -2.24. The minimum absolute atomic E-state index is 0.0586. The highest BCUT2D eigenvalue weighted by Crippen LogP contribution is 2.26. The minimum atomic E-state index is -0.497. The summed E-state index contributed by atoms with van der Waals surface area (Å²) < 4.78 is 14.5. The molecule has 1 aromatic rings. The molecule has 1 unspecified atom stereocenters. The van der Waals surface area contributed by atoms with E-state index >= 15 is 0 Å². The molecule has 8 heteroatoms. The Morgan fingerprint density at radius 2 is 1.84 bits per heavy atom. The highest BCUT2D eigenvalue weighted by atomic mass is 19.1. The first-order valence-corrected chi connectivity index (χ1v) is 10.0. The van der Waals surface area contributed by atoms with Crippen molar-refractivity contribution >= 4 is 23.2 Å². The SMILES string of the molecule is C=C(/C=C(C(=C)N(C)C)\C(=N/C)N(C)C)Nc1nc(NC(C)CC)c(F)cc1C(=C)N. The van der Waals surface area contributed by atoms with Crippen molar-refractivity contribution in [3.63, 3.8) is 0 Å². The van der Waals surface area contributed by atoms with E-state index in [1.807, 2.05) is 57.9 Å². The van der Waals surface area contributed by atoms with Crippen LogP contribution >= 0.6 is 0 Å². The van der Waals surface area contributed by atoms with Crippen molar-refractivity contribution < 1.29 is 4.39 Å². The highest BCUT2D eigenvalue weighted by molar-refractivity contribution is 6.02. The molecule has 1 atom stereocenters. The Morgan fingerprint density at radius 3 is 2.29 bits per heavy atom. The number of nitrogens with one attached hydrogen (secondary N) is 2. The first-order valence-electron chi connectivity index (χ1n) is 10.0. The van der Waals surface area contributed by atoms with E-state index in [9.17, 15) is 4.39 Å². The lowest BCUT2D eigenvalue weighted by Crippen LogP contribution is -2.28. The summed E-state index contributed by atoms with van der Waals surface area (Å²) in [6.07, 6.45) is 2.64. The van der Waals surface area contributed by atoms with E-state index in [4.69, 9.17) is 5.73 Å². The Kier molecular flexibility index (Phi) is 9.30. The number of likely N-dealkylation sites (N-methyl/N-ethyl adjacent to an activating group) is 2. The van der Waals surface area contributed by atoms with Crippen LogP contribution in [0.5, 0.6) is 0 Å². The molecule has 1 aromatic heterocycles. The van der Waals surface area contributed by atoms with Crippen LogP contribution in [-0.2, 0) is 0 Å². The Bertz CT molecular complexity index is 897. The average Bonchev–Trinajstić information content (AvgIpc) is 2.68.